The molecule has 1 aliphatic rings. The first kappa shape index (κ1) is 11.9. The highest BCUT2D eigenvalue weighted by atomic mass is 16.5. The van der Waals surface area contributed by atoms with E-state index in [0.717, 1.165) is 30.8 Å². The van der Waals surface area contributed by atoms with E-state index in [1.54, 1.807) is 0 Å². The second-order valence-corrected chi connectivity index (χ2v) is 4.25. The van der Waals surface area contributed by atoms with Gasteiger partial charge in [0.25, 0.3) is 0 Å². The average Bonchev–Trinajstić information content (AvgIpc) is 2.51. The summed E-state index contributed by atoms with van der Waals surface area (Å²) in [5.41, 5.74) is 6.54. The van der Waals surface area contributed by atoms with E-state index in [0.29, 0.717) is 6.61 Å². The van der Waals surface area contributed by atoms with Crippen molar-refractivity contribution in [2.24, 2.45) is 5.73 Å². The number of hydrogen-bond acceptors (Lipinski definition) is 3. The van der Waals surface area contributed by atoms with Crippen molar-refractivity contribution in [3.05, 3.63) is 29.8 Å². The maximum atomic E-state index is 11.4. The van der Waals surface area contributed by atoms with Gasteiger partial charge in [-0.15, -0.1) is 0 Å². The number of ether oxygens (including phenoxy) is 1. The molecule has 1 amide bonds. The number of benzene rings is 1. The summed E-state index contributed by atoms with van der Waals surface area (Å²) in [4.78, 5) is 13.5. The van der Waals surface area contributed by atoms with Gasteiger partial charge in [-0.3, -0.25) is 9.69 Å². The van der Waals surface area contributed by atoms with Crippen molar-refractivity contribution in [2.75, 3.05) is 13.2 Å². The molecule has 4 heteroatoms. The third-order valence-electron chi connectivity index (χ3n) is 3.14. The third-order valence-corrected chi connectivity index (χ3v) is 3.14. The number of fused-ring (bicyclic) bond motifs is 1. The van der Waals surface area contributed by atoms with Crippen molar-refractivity contribution in [2.45, 2.75) is 25.9 Å². The number of nitrogens with two attached hydrogens (primary N) is 1. The fourth-order valence-electron chi connectivity index (χ4n) is 2.25. The minimum atomic E-state index is -0.258. The van der Waals surface area contributed by atoms with Crippen molar-refractivity contribution in [1.29, 1.82) is 0 Å². The largest absolute Gasteiger partial charge is 0.492 e. The number of amides is 1. The Morgan fingerprint density at radius 2 is 2.29 bits per heavy atom. The lowest BCUT2D eigenvalue weighted by Crippen LogP contribution is -2.44. The Morgan fingerprint density at radius 1 is 1.53 bits per heavy atom. The van der Waals surface area contributed by atoms with Gasteiger partial charge in [-0.1, -0.05) is 25.1 Å². The van der Waals surface area contributed by atoms with Crippen molar-refractivity contribution < 1.29 is 9.53 Å². The van der Waals surface area contributed by atoms with Crippen LogP contribution in [-0.2, 0) is 11.3 Å². The van der Waals surface area contributed by atoms with Crippen molar-refractivity contribution >= 4 is 5.91 Å². The molecule has 92 valence electrons. The molecule has 17 heavy (non-hydrogen) atoms. The Balaban J connectivity index is 2.20. The Bertz CT molecular complexity index is 406. The summed E-state index contributed by atoms with van der Waals surface area (Å²) in [6.45, 7) is 4.03. The van der Waals surface area contributed by atoms with Crippen LogP contribution in [0.15, 0.2) is 24.3 Å². The number of hydrogen-bond donors (Lipinski definition) is 1. The Kier molecular flexibility index (Phi) is 3.64. The van der Waals surface area contributed by atoms with Crippen LogP contribution in [0.1, 0.15) is 18.9 Å². The molecule has 0 aliphatic carbocycles. The van der Waals surface area contributed by atoms with Crippen LogP contribution in [0.4, 0.5) is 0 Å². The van der Waals surface area contributed by atoms with E-state index < -0.39 is 0 Å². The van der Waals surface area contributed by atoms with Gasteiger partial charge in [0.15, 0.2) is 0 Å². The number of para-hydroxylation sites is 1. The fraction of sp³-hybridized carbons (Fsp3) is 0.462. The van der Waals surface area contributed by atoms with Gasteiger partial charge >= 0.3 is 0 Å². The van der Waals surface area contributed by atoms with Crippen LogP contribution in [0.3, 0.4) is 0 Å². The van der Waals surface area contributed by atoms with Crippen LogP contribution in [0.2, 0.25) is 0 Å². The summed E-state index contributed by atoms with van der Waals surface area (Å²) in [5.74, 6) is 0.654. The minimum absolute atomic E-state index is 0.204. The Labute approximate surface area is 101 Å². The van der Waals surface area contributed by atoms with Gasteiger partial charge in [0.2, 0.25) is 5.91 Å². The lowest BCUT2D eigenvalue weighted by Gasteiger charge is -2.26. The van der Waals surface area contributed by atoms with Crippen molar-refractivity contribution in [1.82, 2.24) is 4.90 Å². The molecule has 2 N–H and O–H groups in total. The number of nitrogens with zero attached hydrogens (tertiary/aromatic N) is 1. The molecular weight excluding hydrogens is 216 g/mol. The molecule has 0 saturated carbocycles. The first-order valence-electron chi connectivity index (χ1n) is 5.96. The van der Waals surface area contributed by atoms with Gasteiger partial charge in [-0.05, 0) is 12.5 Å². The first-order valence-corrected chi connectivity index (χ1v) is 5.96. The van der Waals surface area contributed by atoms with Gasteiger partial charge in [-0.25, -0.2) is 0 Å². The molecule has 0 radical (unpaired) electrons. The summed E-state index contributed by atoms with van der Waals surface area (Å²) in [6, 6.07) is 7.73. The summed E-state index contributed by atoms with van der Waals surface area (Å²) in [7, 11) is 0. The molecule has 1 aliphatic heterocycles. The molecule has 1 heterocycles. The van der Waals surface area contributed by atoms with E-state index in [1.165, 1.54) is 0 Å². The van der Waals surface area contributed by atoms with Gasteiger partial charge in [0.05, 0.1) is 6.04 Å². The molecule has 4 nitrogen and oxygen atoms in total. The smallest absolute Gasteiger partial charge is 0.234 e. The predicted octanol–water partition coefficient (Wildman–Crippen LogP) is 1.14. The van der Waals surface area contributed by atoms with Gasteiger partial charge in [-0.2, -0.15) is 0 Å². The standard InChI is InChI=1S/C13H18N2O2/c1-2-11(13(14)16)15-7-8-17-12-6-4-3-5-10(12)9-15/h3-6,11H,2,7-9H2,1H3,(H2,14,16). The van der Waals surface area contributed by atoms with Crippen LogP contribution in [0.25, 0.3) is 0 Å². The number of rotatable bonds is 3. The highest BCUT2D eigenvalue weighted by molar-refractivity contribution is 5.79. The van der Waals surface area contributed by atoms with Crippen molar-refractivity contribution in [3.63, 3.8) is 0 Å². The second kappa shape index (κ2) is 5.19. The summed E-state index contributed by atoms with van der Waals surface area (Å²) < 4.78 is 5.66. The average molecular weight is 234 g/mol. The van der Waals surface area contributed by atoms with Gasteiger partial charge < -0.3 is 10.5 Å². The molecule has 0 bridgehead atoms. The number of carbonyl (C=O) groups excluding carboxylic acids is 1. The van der Waals surface area contributed by atoms with Gasteiger partial charge in [0.1, 0.15) is 12.4 Å². The van der Waals surface area contributed by atoms with Crippen LogP contribution in [0, 0.1) is 0 Å². The molecular formula is C13H18N2O2. The normalized spacial score (nSPS) is 17.7. The lowest BCUT2D eigenvalue weighted by atomic mass is 10.1. The Morgan fingerprint density at radius 3 is 3.00 bits per heavy atom. The van der Waals surface area contributed by atoms with E-state index in [2.05, 4.69) is 4.90 Å². The second-order valence-electron chi connectivity index (χ2n) is 4.25. The van der Waals surface area contributed by atoms with E-state index in [9.17, 15) is 4.79 Å². The molecule has 0 fully saturated rings. The van der Waals surface area contributed by atoms with E-state index >= 15 is 0 Å². The molecule has 0 spiro atoms. The maximum absolute atomic E-state index is 11.4. The zero-order valence-electron chi connectivity index (χ0n) is 10.1. The summed E-state index contributed by atoms with van der Waals surface area (Å²) in [6.07, 6.45) is 0.734. The number of primary amides is 1. The lowest BCUT2D eigenvalue weighted by molar-refractivity contribution is -0.123. The molecule has 0 aromatic heterocycles. The fourth-order valence-corrected chi connectivity index (χ4v) is 2.25. The topological polar surface area (TPSA) is 55.6 Å². The van der Waals surface area contributed by atoms with Crippen LogP contribution in [0.5, 0.6) is 5.75 Å². The van der Waals surface area contributed by atoms with Gasteiger partial charge in [0, 0.05) is 18.7 Å². The van der Waals surface area contributed by atoms with E-state index in [-0.39, 0.29) is 11.9 Å². The van der Waals surface area contributed by atoms with E-state index in [1.807, 2.05) is 31.2 Å². The third kappa shape index (κ3) is 2.58. The number of carbonyl (C=O) groups is 1. The predicted molar refractivity (Wildman–Crippen MR) is 65.6 cm³/mol. The first-order chi connectivity index (χ1) is 8.22. The van der Waals surface area contributed by atoms with Crippen LogP contribution >= 0.6 is 0 Å². The highest BCUT2D eigenvalue weighted by Crippen LogP contribution is 2.23. The monoisotopic (exact) mass is 234 g/mol. The molecule has 1 aromatic carbocycles. The quantitative estimate of drug-likeness (QED) is 0.853. The molecule has 0 saturated heterocycles. The molecule has 1 atom stereocenters. The molecule has 1 aromatic rings. The molecule has 2 rings (SSSR count). The van der Waals surface area contributed by atoms with E-state index in [4.69, 9.17) is 10.5 Å². The highest BCUT2D eigenvalue weighted by Gasteiger charge is 2.24. The van der Waals surface area contributed by atoms with Crippen LogP contribution in [-0.4, -0.2) is 30.0 Å². The zero-order valence-corrected chi connectivity index (χ0v) is 10.1. The summed E-state index contributed by atoms with van der Waals surface area (Å²) >= 11 is 0. The van der Waals surface area contributed by atoms with Crippen molar-refractivity contribution in [3.8, 4) is 5.75 Å². The SMILES string of the molecule is CCC(C(N)=O)N1CCOc2ccccc2C1. The molecule has 1 unspecified atom stereocenters. The maximum Gasteiger partial charge on any atom is 0.234 e. The zero-order chi connectivity index (χ0) is 12.3. The minimum Gasteiger partial charge on any atom is -0.492 e. The van der Waals surface area contributed by atoms with Crippen LogP contribution < -0.4 is 10.5 Å². The Hall–Kier alpha value is -1.55. The summed E-state index contributed by atoms with van der Waals surface area (Å²) in [5, 5.41) is 0.